The van der Waals surface area contributed by atoms with Gasteiger partial charge >= 0.3 is 5.97 Å². The van der Waals surface area contributed by atoms with Gasteiger partial charge in [-0.15, -0.1) is 0 Å². The number of aliphatic carboxylic acids is 1. The van der Waals surface area contributed by atoms with Crippen LogP contribution in [0.5, 0.6) is 0 Å². The first-order chi connectivity index (χ1) is 6.99. The quantitative estimate of drug-likeness (QED) is 0.457. The number of rotatable bonds is 8. The maximum Gasteiger partial charge on any atom is 0.321 e. The Bertz CT molecular complexity index is 241. The van der Waals surface area contributed by atoms with E-state index in [1.54, 1.807) is 13.8 Å². The lowest BCUT2D eigenvalue weighted by atomic mass is 10.4. The van der Waals surface area contributed by atoms with Gasteiger partial charge in [-0.3, -0.25) is 4.79 Å². The Morgan fingerprint density at radius 3 is 2.27 bits per heavy atom. The molecule has 0 aliphatic heterocycles. The van der Waals surface area contributed by atoms with Crippen molar-refractivity contribution >= 4 is 37.0 Å². The van der Waals surface area contributed by atoms with Crippen LogP contribution in [0.25, 0.3) is 0 Å². The maximum atomic E-state index is 10.8. The molecule has 0 aliphatic rings. The van der Waals surface area contributed by atoms with E-state index in [1.165, 1.54) is 0 Å². The van der Waals surface area contributed by atoms with E-state index in [4.69, 9.17) is 26.0 Å². The van der Waals surface area contributed by atoms with Crippen molar-refractivity contribution in [3.8, 4) is 0 Å². The molecule has 0 spiro atoms. The zero-order valence-corrected chi connectivity index (χ0v) is 11.3. The lowest BCUT2D eigenvalue weighted by Gasteiger charge is -2.24. The van der Waals surface area contributed by atoms with Crippen LogP contribution in [0.4, 0.5) is 0 Å². The molecule has 1 atom stereocenters. The summed E-state index contributed by atoms with van der Waals surface area (Å²) in [5.74, 6) is -0.882. The van der Waals surface area contributed by atoms with E-state index in [1.807, 2.05) is 0 Å². The molecule has 0 saturated carbocycles. The van der Waals surface area contributed by atoms with Gasteiger partial charge in [0.15, 0.2) is 0 Å². The number of carbonyl (C=O) groups is 1. The normalized spacial score (nSPS) is 13.8. The standard InChI is InChI=1S/C7H16NO4PS2/c1-3-11-13(15,12-4-2)8-6(5-14)7(9)10/h6,14H,3-5H2,1-2H3,(H,8,15)(H,9,10)/t6-/m0/s1. The lowest BCUT2D eigenvalue weighted by molar-refractivity contribution is -0.138. The largest absolute Gasteiger partial charge is 0.480 e. The second kappa shape index (κ2) is 7.60. The fourth-order valence-electron chi connectivity index (χ4n) is 0.817. The average Bonchev–Trinajstić information content (AvgIpc) is 2.14. The van der Waals surface area contributed by atoms with Gasteiger partial charge in [0.05, 0.1) is 13.2 Å². The third kappa shape index (κ3) is 5.85. The van der Waals surface area contributed by atoms with Crippen LogP contribution in [0.1, 0.15) is 13.8 Å². The molecule has 0 aliphatic carbocycles. The van der Waals surface area contributed by atoms with Crippen LogP contribution in [0.2, 0.25) is 0 Å². The zero-order valence-electron chi connectivity index (χ0n) is 8.67. The molecular formula is C7H16NO4PS2. The van der Waals surface area contributed by atoms with Crippen molar-refractivity contribution in [3.63, 3.8) is 0 Å². The second-order valence-corrected chi connectivity index (χ2v) is 6.11. The molecule has 8 heteroatoms. The van der Waals surface area contributed by atoms with Gasteiger partial charge in [-0.1, -0.05) is 0 Å². The fourth-order valence-corrected chi connectivity index (χ4v) is 3.71. The molecule has 0 saturated heterocycles. The van der Waals surface area contributed by atoms with Crippen LogP contribution in [-0.2, 0) is 25.6 Å². The van der Waals surface area contributed by atoms with Gasteiger partial charge in [0.25, 0.3) is 6.64 Å². The Kier molecular flexibility index (Phi) is 7.77. The summed E-state index contributed by atoms with van der Waals surface area (Å²) >= 11 is 9.04. The number of hydrogen-bond acceptors (Lipinski definition) is 5. The molecule has 0 aromatic rings. The van der Waals surface area contributed by atoms with Crippen LogP contribution < -0.4 is 5.09 Å². The summed E-state index contributed by atoms with van der Waals surface area (Å²) in [4.78, 5) is 10.8. The van der Waals surface area contributed by atoms with Crippen molar-refractivity contribution in [3.05, 3.63) is 0 Å². The molecule has 5 nitrogen and oxygen atoms in total. The van der Waals surface area contributed by atoms with Crippen LogP contribution in [0, 0.1) is 0 Å². The molecule has 0 fully saturated rings. The SMILES string of the molecule is CCOP(=S)(N[C@@H](CS)C(=O)O)OCC. The molecule has 0 rings (SSSR count). The van der Waals surface area contributed by atoms with Crippen molar-refractivity contribution in [2.45, 2.75) is 19.9 Å². The van der Waals surface area contributed by atoms with Crippen LogP contribution in [-0.4, -0.2) is 36.1 Å². The predicted molar refractivity (Wildman–Crippen MR) is 65.9 cm³/mol. The Hall–Kier alpha value is 0.350. The third-order valence-corrected chi connectivity index (χ3v) is 4.53. The Balaban J connectivity index is 4.50. The van der Waals surface area contributed by atoms with Gasteiger partial charge in [0.1, 0.15) is 6.04 Å². The number of nitrogens with one attached hydrogen (secondary N) is 1. The van der Waals surface area contributed by atoms with Crippen molar-refractivity contribution in [2.24, 2.45) is 0 Å². The van der Waals surface area contributed by atoms with Gasteiger partial charge in [-0.05, 0) is 25.7 Å². The van der Waals surface area contributed by atoms with Gasteiger partial charge in [-0.25, -0.2) is 5.09 Å². The van der Waals surface area contributed by atoms with E-state index in [0.29, 0.717) is 13.2 Å². The van der Waals surface area contributed by atoms with Gasteiger partial charge < -0.3 is 14.2 Å². The van der Waals surface area contributed by atoms with E-state index in [2.05, 4.69) is 17.7 Å². The summed E-state index contributed by atoms with van der Waals surface area (Å²) in [7, 11) is 0. The zero-order chi connectivity index (χ0) is 11.9. The first-order valence-corrected chi connectivity index (χ1v) is 7.76. The number of thiol groups is 1. The summed E-state index contributed by atoms with van der Waals surface area (Å²) in [6.45, 7) is 1.62. The van der Waals surface area contributed by atoms with Crippen molar-refractivity contribution in [1.82, 2.24) is 5.09 Å². The van der Waals surface area contributed by atoms with Gasteiger partial charge in [-0.2, -0.15) is 12.6 Å². The van der Waals surface area contributed by atoms with E-state index < -0.39 is 18.7 Å². The summed E-state index contributed by atoms with van der Waals surface area (Å²) in [5.41, 5.74) is 0. The highest BCUT2D eigenvalue weighted by Gasteiger charge is 2.26. The summed E-state index contributed by atoms with van der Waals surface area (Å²) in [6, 6.07) is -0.850. The highest BCUT2D eigenvalue weighted by molar-refractivity contribution is 8.09. The minimum atomic E-state index is -2.69. The molecule has 90 valence electrons. The molecule has 0 amide bonds. The van der Waals surface area contributed by atoms with Crippen molar-refractivity contribution < 1.29 is 18.9 Å². The van der Waals surface area contributed by atoms with Crippen LogP contribution in [0.3, 0.4) is 0 Å². The van der Waals surface area contributed by atoms with E-state index in [9.17, 15) is 4.79 Å². The molecule has 0 radical (unpaired) electrons. The number of carboxylic acids is 1. The van der Waals surface area contributed by atoms with Gasteiger partial charge in [0.2, 0.25) is 0 Å². The van der Waals surface area contributed by atoms with Crippen LogP contribution in [0.15, 0.2) is 0 Å². The van der Waals surface area contributed by atoms with E-state index >= 15 is 0 Å². The molecule has 15 heavy (non-hydrogen) atoms. The summed E-state index contributed by atoms with van der Waals surface area (Å²) < 4.78 is 10.5. The maximum absolute atomic E-state index is 10.8. The van der Waals surface area contributed by atoms with Crippen molar-refractivity contribution in [2.75, 3.05) is 19.0 Å². The monoisotopic (exact) mass is 273 g/mol. The average molecular weight is 273 g/mol. The number of carboxylic acid groups (broad SMARTS) is 1. The van der Waals surface area contributed by atoms with Crippen LogP contribution >= 0.6 is 19.3 Å². The minimum Gasteiger partial charge on any atom is -0.480 e. The fraction of sp³-hybridized carbons (Fsp3) is 0.857. The first-order valence-electron chi connectivity index (χ1n) is 4.49. The van der Waals surface area contributed by atoms with E-state index in [0.717, 1.165) is 0 Å². The topological polar surface area (TPSA) is 67.8 Å². The minimum absolute atomic E-state index is 0.133. The smallest absolute Gasteiger partial charge is 0.321 e. The molecule has 0 unspecified atom stereocenters. The molecular weight excluding hydrogens is 257 g/mol. The second-order valence-electron chi connectivity index (χ2n) is 2.54. The van der Waals surface area contributed by atoms with E-state index in [-0.39, 0.29) is 5.75 Å². The number of hydrogen-bond donors (Lipinski definition) is 3. The predicted octanol–water partition coefficient (Wildman–Crippen LogP) is 1.26. The highest BCUT2D eigenvalue weighted by atomic mass is 32.5. The molecule has 0 aromatic carbocycles. The highest BCUT2D eigenvalue weighted by Crippen LogP contribution is 2.44. The molecule has 0 bridgehead atoms. The lowest BCUT2D eigenvalue weighted by Crippen LogP contribution is -2.37. The van der Waals surface area contributed by atoms with Crippen molar-refractivity contribution in [1.29, 1.82) is 0 Å². The Morgan fingerprint density at radius 2 is 2.00 bits per heavy atom. The summed E-state index contributed by atoms with van der Waals surface area (Å²) in [6.07, 6.45) is 0. The Labute approximate surface area is 100 Å². The molecule has 0 heterocycles. The van der Waals surface area contributed by atoms with Gasteiger partial charge in [0, 0.05) is 5.75 Å². The third-order valence-electron chi connectivity index (χ3n) is 1.39. The Morgan fingerprint density at radius 1 is 1.53 bits per heavy atom. The first kappa shape index (κ1) is 15.3. The summed E-state index contributed by atoms with van der Waals surface area (Å²) in [5, 5.41) is 11.5. The molecule has 0 aromatic heterocycles. The molecule has 2 N–H and O–H groups in total.